The number of hydrogen-bond donors (Lipinski definition) is 1. The van der Waals surface area contributed by atoms with Gasteiger partial charge in [-0.3, -0.25) is 14.2 Å². The van der Waals surface area contributed by atoms with Crippen molar-refractivity contribution in [3.8, 4) is 5.75 Å². The molecule has 156 valence electrons. The Balaban J connectivity index is 1.63. The van der Waals surface area contributed by atoms with E-state index in [9.17, 15) is 18.0 Å². The normalized spacial score (nSPS) is 11.8. The summed E-state index contributed by atoms with van der Waals surface area (Å²) in [7, 11) is -0.701. The fraction of sp³-hybridized carbons (Fsp3) is 0.235. The lowest BCUT2D eigenvalue weighted by molar-refractivity contribution is -0.116. The van der Waals surface area contributed by atoms with E-state index in [0.29, 0.717) is 16.4 Å². The zero-order valence-corrected chi connectivity index (χ0v) is 17.7. The Morgan fingerprint density at radius 1 is 1.33 bits per heavy atom. The predicted octanol–water partition coefficient (Wildman–Crippen LogP) is 0.790. The van der Waals surface area contributed by atoms with Crippen LogP contribution in [0.2, 0.25) is 0 Å². The van der Waals surface area contributed by atoms with E-state index in [1.165, 1.54) is 29.4 Å². The van der Waals surface area contributed by atoms with Crippen LogP contribution in [0.15, 0.2) is 34.3 Å². The van der Waals surface area contributed by atoms with E-state index >= 15 is 0 Å². The molecule has 0 saturated carbocycles. The highest BCUT2D eigenvalue weighted by molar-refractivity contribution is 7.90. The van der Waals surface area contributed by atoms with E-state index < -0.39 is 21.3 Å². The number of methoxy groups -OCH3 is 1. The molecule has 0 bridgehead atoms. The number of aromatic nitrogens is 5. The van der Waals surface area contributed by atoms with Crippen molar-refractivity contribution in [3.05, 3.63) is 34.9 Å². The number of sulfone groups is 1. The van der Waals surface area contributed by atoms with Crippen LogP contribution >= 0.6 is 11.3 Å². The van der Waals surface area contributed by atoms with Crippen LogP contribution in [-0.2, 0) is 28.2 Å². The Kier molecular flexibility index (Phi) is 4.78. The van der Waals surface area contributed by atoms with Gasteiger partial charge in [-0.2, -0.15) is 5.10 Å². The summed E-state index contributed by atoms with van der Waals surface area (Å²) in [4.78, 5) is 33.7. The third-order valence-electron chi connectivity index (χ3n) is 4.29. The number of amides is 1. The minimum atomic E-state index is -3.75. The summed E-state index contributed by atoms with van der Waals surface area (Å²) in [6.45, 7) is -0.362. The number of hydrogen-bond acceptors (Lipinski definition) is 9. The van der Waals surface area contributed by atoms with Crippen molar-refractivity contribution >= 4 is 53.5 Å². The van der Waals surface area contributed by atoms with Gasteiger partial charge in [-0.15, -0.1) is 0 Å². The Bertz CT molecular complexity index is 1470. The number of fused-ring (bicyclic) bond motifs is 2. The highest BCUT2D eigenvalue weighted by Gasteiger charge is 2.23. The predicted molar refractivity (Wildman–Crippen MR) is 111 cm³/mol. The molecule has 0 aliphatic rings. The lowest BCUT2D eigenvalue weighted by atomic mass is 10.3. The topological polar surface area (TPSA) is 138 Å². The molecule has 0 saturated heterocycles. The van der Waals surface area contributed by atoms with Gasteiger partial charge in [-0.05, 0) is 18.2 Å². The van der Waals surface area contributed by atoms with Gasteiger partial charge >= 0.3 is 0 Å². The van der Waals surface area contributed by atoms with Gasteiger partial charge in [0, 0.05) is 13.3 Å². The molecule has 30 heavy (non-hydrogen) atoms. The number of carbonyl (C=O) groups is 1. The number of nitrogens with one attached hydrogen (secondary N) is 1. The first-order valence-electron chi connectivity index (χ1n) is 8.54. The molecule has 4 aromatic rings. The number of aryl methyl sites for hydroxylation is 1. The summed E-state index contributed by atoms with van der Waals surface area (Å²) in [5, 5.41) is 6.37. The number of benzene rings is 1. The fourth-order valence-electron chi connectivity index (χ4n) is 2.92. The molecule has 1 N–H and O–H groups in total. The van der Waals surface area contributed by atoms with Crippen LogP contribution in [0.3, 0.4) is 0 Å². The first-order valence-corrected chi connectivity index (χ1v) is 11.2. The Morgan fingerprint density at radius 3 is 2.80 bits per heavy atom. The van der Waals surface area contributed by atoms with Crippen molar-refractivity contribution in [2.45, 2.75) is 11.6 Å². The molecule has 0 atom stereocenters. The second-order valence-electron chi connectivity index (χ2n) is 6.48. The Morgan fingerprint density at radius 2 is 2.10 bits per heavy atom. The third-order valence-corrected chi connectivity index (χ3v) is 6.21. The van der Waals surface area contributed by atoms with Gasteiger partial charge in [-0.25, -0.2) is 23.1 Å². The zero-order valence-electron chi connectivity index (χ0n) is 16.1. The van der Waals surface area contributed by atoms with Gasteiger partial charge in [-0.1, -0.05) is 11.3 Å². The van der Waals surface area contributed by atoms with E-state index in [2.05, 4.69) is 20.4 Å². The van der Waals surface area contributed by atoms with Crippen LogP contribution in [-0.4, -0.2) is 52.0 Å². The highest BCUT2D eigenvalue weighted by atomic mass is 32.2. The lowest BCUT2D eigenvalue weighted by Crippen LogP contribution is -2.28. The maximum Gasteiger partial charge on any atom is 0.266 e. The monoisotopic (exact) mass is 448 g/mol. The molecule has 0 spiro atoms. The van der Waals surface area contributed by atoms with Crippen molar-refractivity contribution in [2.75, 3.05) is 18.7 Å². The summed E-state index contributed by atoms with van der Waals surface area (Å²) < 4.78 is 32.2. The largest absolute Gasteiger partial charge is 0.497 e. The van der Waals surface area contributed by atoms with Crippen LogP contribution in [0.5, 0.6) is 5.75 Å². The number of anilines is 1. The fourth-order valence-corrected chi connectivity index (χ4v) is 4.65. The minimum Gasteiger partial charge on any atom is -0.497 e. The lowest BCUT2D eigenvalue weighted by Gasteiger charge is -2.05. The number of rotatable bonds is 5. The second-order valence-corrected chi connectivity index (χ2v) is 9.44. The average Bonchev–Trinajstić information content (AvgIpc) is 3.23. The maximum absolute atomic E-state index is 12.8. The van der Waals surface area contributed by atoms with Crippen molar-refractivity contribution in [2.24, 2.45) is 7.05 Å². The van der Waals surface area contributed by atoms with Crippen LogP contribution in [0.1, 0.15) is 0 Å². The van der Waals surface area contributed by atoms with E-state index in [0.717, 1.165) is 15.5 Å². The van der Waals surface area contributed by atoms with Crippen LogP contribution in [0, 0.1) is 0 Å². The maximum atomic E-state index is 12.8. The second kappa shape index (κ2) is 7.18. The van der Waals surface area contributed by atoms with E-state index in [-0.39, 0.29) is 22.6 Å². The van der Waals surface area contributed by atoms with Gasteiger partial charge in [0.05, 0.1) is 17.3 Å². The van der Waals surface area contributed by atoms with E-state index in [1.54, 1.807) is 25.3 Å². The molecular formula is C17H16N6O5S2. The molecule has 13 heteroatoms. The minimum absolute atomic E-state index is 0.122. The summed E-state index contributed by atoms with van der Waals surface area (Å²) in [5.74, 6) is 0.169. The van der Waals surface area contributed by atoms with Gasteiger partial charge in [0.15, 0.2) is 25.6 Å². The van der Waals surface area contributed by atoms with Crippen molar-refractivity contribution < 1.29 is 17.9 Å². The Hall–Kier alpha value is -3.32. The molecule has 11 nitrogen and oxygen atoms in total. The SMILES string of the molecule is COc1ccc2nc(NC(=O)Cn3cnc4c(c(S(C)(=O)=O)nn4C)c3=O)sc2c1. The van der Waals surface area contributed by atoms with Crippen molar-refractivity contribution in [1.82, 2.24) is 24.3 Å². The average molecular weight is 448 g/mol. The number of thiazole rings is 1. The van der Waals surface area contributed by atoms with Crippen LogP contribution in [0.25, 0.3) is 21.3 Å². The molecule has 4 rings (SSSR count). The Labute approximate surface area is 173 Å². The van der Waals surface area contributed by atoms with Crippen LogP contribution in [0.4, 0.5) is 5.13 Å². The molecule has 0 radical (unpaired) electrons. The van der Waals surface area contributed by atoms with E-state index in [1.807, 2.05) is 0 Å². The van der Waals surface area contributed by atoms with Gasteiger partial charge in [0.25, 0.3) is 5.56 Å². The smallest absolute Gasteiger partial charge is 0.266 e. The van der Waals surface area contributed by atoms with Gasteiger partial charge in [0.1, 0.15) is 24.0 Å². The third kappa shape index (κ3) is 3.52. The zero-order chi connectivity index (χ0) is 21.6. The molecule has 0 unspecified atom stereocenters. The molecule has 1 amide bonds. The molecule has 0 aliphatic heterocycles. The van der Waals surface area contributed by atoms with Crippen LogP contribution < -0.4 is 15.6 Å². The number of carbonyl (C=O) groups excluding carboxylic acids is 1. The van der Waals surface area contributed by atoms with Crippen molar-refractivity contribution in [3.63, 3.8) is 0 Å². The number of ether oxygens (including phenoxy) is 1. The highest BCUT2D eigenvalue weighted by Crippen LogP contribution is 2.29. The van der Waals surface area contributed by atoms with E-state index in [4.69, 9.17) is 4.74 Å². The van der Waals surface area contributed by atoms with Gasteiger partial charge in [0.2, 0.25) is 5.91 Å². The summed E-state index contributed by atoms with van der Waals surface area (Å²) in [6, 6.07) is 5.35. The molecular weight excluding hydrogens is 432 g/mol. The van der Waals surface area contributed by atoms with Gasteiger partial charge < -0.3 is 10.1 Å². The first kappa shape index (κ1) is 20.0. The standard InChI is InChI=1S/C17H16N6O5S2/c1-22-14-13(15(21-22)30(3,26)27)16(25)23(8-18-14)7-12(24)20-17-19-10-5-4-9(28-2)6-11(10)29-17/h4-6,8H,7H2,1-3H3,(H,19,20,24). The summed E-state index contributed by atoms with van der Waals surface area (Å²) in [5.41, 5.74) is 0.152. The molecule has 0 aliphatic carbocycles. The quantitative estimate of drug-likeness (QED) is 0.473. The summed E-state index contributed by atoms with van der Waals surface area (Å²) >= 11 is 1.26. The summed E-state index contributed by atoms with van der Waals surface area (Å²) in [6.07, 6.45) is 2.14. The molecule has 3 heterocycles. The molecule has 0 fully saturated rings. The van der Waals surface area contributed by atoms with Crippen molar-refractivity contribution in [1.29, 1.82) is 0 Å². The number of nitrogens with zero attached hydrogens (tertiary/aromatic N) is 5. The molecule has 1 aromatic carbocycles. The first-order chi connectivity index (χ1) is 14.2. The molecule has 3 aromatic heterocycles.